The van der Waals surface area contributed by atoms with E-state index >= 15 is 0 Å². The summed E-state index contributed by atoms with van der Waals surface area (Å²) in [5.41, 5.74) is 13.5. The Kier molecular flexibility index (Phi) is 6.40. The van der Waals surface area contributed by atoms with E-state index in [1.165, 1.54) is 49.9 Å². The molecule has 2 aliphatic rings. The first-order valence-corrected chi connectivity index (χ1v) is 17.7. The van der Waals surface area contributed by atoms with Crippen LogP contribution in [0.15, 0.2) is 170 Å². The molecular weight excluding hydrogens is 709 g/mol. The standard InChI is InChI=1S/C46H28INO/c47-43-34-15-4-5-16-35(34)44(31-24-22-30(23-25-31)29-12-2-1-3-13-29)48-45(43)32-26-27-38-36(28-32)33-14-6-7-17-37(33)46(38)39-18-8-10-20-41(39)49-42-21-11-9-19-40(42)46/h1-28H. The molecule has 1 spiro atoms. The van der Waals surface area contributed by atoms with E-state index in [1.807, 2.05) is 0 Å². The number of benzene rings is 7. The van der Waals surface area contributed by atoms with E-state index in [9.17, 15) is 0 Å². The minimum absolute atomic E-state index is 0.481. The molecule has 230 valence electrons. The van der Waals surface area contributed by atoms with Crippen LogP contribution in [-0.2, 0) is 5.41 Å². The van der Waals surface area contributed by atoms with Gasteiger partial charge >= 0.3 is 0 Å². The molecule has 0 N–H and O–H groups in total. The van der Waals surface area contributed by atoms with Gasteiger partial charge in [-0.3, -0.25) is 0 Å². The summed E-state index contributed by atoms with van der Waals surface area (Å²) in [6.07, 6.45) is 0. The number of aromatic nitrogens is 1. The van der Waals surface area contributed by atoms with Crippen LogP contribution in [0.5, 0.6) is 11.5 Å². The fourth-order valence-corrected chi connectivity index (χ4v) is 9.00. The summed E-state index contributed by atoms with van der Waals surface area (Å²) < 4.78 is 7.67. The second-order valence-electron chi connectivity index (χ2n) is 12.8. The predicted octanol–water partition coefficient (Wildman–Crippen LogP) is 12.3. The van der Waals surface area contributed by atoms with Crippen LogP contribution in [0.4, 0.5) is 0 Å². The molecule has 0 fully saturated rings. The number of nitrogens with zero attached hydrogens (tertiary/aromatic N) is 1. The van der Waals surface area contributed by atoms with Crippen LogP contribution < -0.4 is 4.74 Å². The molecule has 0 radical (unpaired) electrons. The highest BCUT2D eigenvalue weighted by Gasteiger charge is 2.50. The summed E-state index contributed by atoms with van der Waals surface area (Å²) in [4.78, 5) is 5.47. The van der Waals surface area contributed by atoms with Crippen LogP contribution in [0.25, 0.3) is 55.5 Å². The number of hydrogen-bond acceptors (Lipinski definition) is 2. The molecule has 2 heterocycles. The van der Waals surface area contributed by atoms with Gasteiger partial charge in [0.1, 0.15) is 11.5 Å². The van der Waals surface area contributed by atoms with Crippen LogP contribution >= 0.6 is 22.6 Å². The molecule has 0 atom stereocenters. The minimum atomic E-state index is -0.481. The topological polar surface area (TPSA) is 22.1 Å². The highest BCUT2D eigenvalue weighted by molar-refractivity contribution is 14.1. The summed E-state index contributed by atoms with van der Waals surface area (Å²) in [5.74, 6) is 1.81. The van der Waals surface area contributed by atoms with E-state index in [1.54, 1.807) is 0 Å². The summed E-state index contributed by atoms with van der Waals surface area (Å²) in [6, 6.07) is 60.9. The van der Waals surface area contributed by atoms with Crippen molar-refractivity contribution in [2.75, 3.05) is 0 Å². The van der Waals surface area contributed by atoms with Crippen LogP contribution in [0.3, 0.4) is 0 Å². The quantitative estimate of drug-likeness (QED) is 0.169. The Hall–Kier alpha value is -5.52. The monoisotopic (exact) mass is 737 g/mol. The number of hydrogen-bond donors (Lipinski definition) is 0. The summed E-state index contributed by atoms with van der Waals surface area (Å²) >= 11 is 2.50. The van der Waals surface area contributed by atoms with Crippen molar-refractivity contribution in [2.24, 2.45) is 0 Å². The summed E-state index contributed by atoms with van der Waals surface area (Å²) in [7, 11) is 0. The fourth-order valence-electron chi connectivity index (χ4n) is 8.10. The maximum Gasteiger partial charge on any atom is 0.132 e. The summed E-state index contributed by atoms with van der Waals surface area (Å²) in [5, 5.41) is 2.36. The fraction of sp³-hybridized carbons (Fsp3) is 0.0217. The van der Waals surface area contributed by atoms with Gasteiger partial charge in [0.25, 0.3) is 0 Å². The van der Waals surface area contributed by atoms with Gasteiger partial charge < -0.3 is 4.74 Å². The van der Waals surface area contributed by atoms with Gasteiger partial charge in [-0.25, -0.2) is 4.98 Å². The Labute approximate surface area is 298 Å². The molecule has 0 saturated carbocycles. The van der Waals surface area contributed by atoms with Crippen molar-refractivity contribution in [3.8, 4) is 56.3 Å². The van der Waals surface area contributed by atoms with Crippen LogP contribution in [0.1, 0.15) is 22.3 Å². The third-order valence-corrected chi connectivity index (χ3v) is 11.3. The molecular formula is C46H28INO. The SMILES string of the molecule is Ic1c(-c2ccc3c(c2)-c2ccccc2C32c3ccccc3Oc3ccccc32)nc(-c2ccc(-c3ccccc3)cc2)c2ccccc12. The number of ether oxygens (including phenoxy) is 1. The lowest BCUT2D eigenvalue weighted by molar-refractivity contribution is 0.436. The van der Waals surface area contributed by atoms with E-state index in [4.69, 9.17) is 9.72 Å². The Morgan fingerprint density at radius 2 is 0.939 bits per heavy atom. The van der Waals surface area contributed by atoms with Crippen LogP contribution in [-0.4, -0.2) is 4.98 Å². The van der Waals surface area contributed by atoms with Crippen molar-refractivity contribution in [1.29, 1.82) is 0 Å². The Bertz CT molecular complexity index is 2540. The molecule has 10 rings (SSSR count). The molecule has 0 amide bonds. The van der Waals surface area contributed by atoms with E-state index in [0.29, 0.717) is 0 Å². The molecule has 0 saturated heterocycles. The molecule has 8 aromatic rings. The van der Waals surface area contributed by atoms with Crippen molar-refractivity contribution >= 4 is 33.4 Å². The average Bonchev–Trinajstić information content (AvgIpc) is 3.46. The Balaban J connectivity index is 1.19. The maximum absolute atomic E-state index is 6.52. The van der Waals surface area contributed by atoms with E-state index in [0.717, 1.165) is 43.0 Å². The lowest BCUT2D eigenvalue weighted by atomic mass is 9.66. The zero-order chi connectivity index (χ0) is 32.5. The lowest BCUT2D eigenvalue weighted by Gasteiger charge is -2.39. The van der Waals surface area contributed by atoms with Gasteiger partial charge in [0, 0.05) is 31.2 Å². The third kappa shape index (κ3) is 4.15. The molecule has 3 heteroatoms. The molecule has 1 aliphatic heterocycles. The zero-order valence-corrected chi connectivity index (χ0v) is 28.6. The van der Waals surface area contributed by atoms with Gasteiger partial charge in [-0.15, -0.1) is 0 Å². The van der Waals surface area contributed by atoms with Crippen molar-refractivity contribution in [3.05, 3.63) is 196 Å². The molecule has 0 bridgehead atoms. The molecule has 0 unspecified atom stereocenters. The number of rotatable bonds is 3. The predicted molar refractivity (Wildman–Crippen MR) is 208 cm³/mol. The first-order valence-electron chi connectivity index (χ1n) is 16.6. The van der Waals surface area contributed by atoms with Gasteiger partial charge in [-0.1, -0.05) is 152 Å². The van der Waals surface area contributed by atoms with Gasteiger partial charge in [0.05, 0.1) is 16.8 Å². The van der Waals surface area contributed by atoms with E-state index in [-0.39, 0.29) is 0 Å². The molecule has 49 heavy (non-hydrogen) atoms. The van der Waals surface area contributed by atoms with Gasteiger partial charge in [-0.05, 0) is 79.6 Å². The maximum atomic E-state index is 6.52. The number of halogens is 1. The number of para-hydroxylation sites is 2. The minimum Gasteiger partial charge on any atom is -0.457 e. The van der Waals surface area contributed by atoms with Crippen molar-refractivity contribution in [3.63, 3.8) is 0 Å². The van der Waals surface area contributed by atoms with Gasteiger partial charge in [0.2, 0.25) is 0 Å². The second-order valence-corrected chi connectivity index (χ2v) is 13.8. The van der Waals surface area contributed by atoms with Gasteiger partial charge in [-0.2, -0.15) is 0 Å². The van der Waals surface area contributed by atoms with Crippen molar-refractivity contribution < 1.29 is 4.74 Å². The number of fused-ring (bicyclic) bond motifs is 10. The van der Waals surface area contributed by atoms with Crippen molar-refractivity contribution in [1.82, 2.24) is 4.98 Å². The normalized spacial score (nSPS) is 13.3. The van der Waals surface area contributed by atoms with Crippen LogP contribution in [0, 0.1) is 3.57 Å². The summed E-state index contributed by atoms with van der Waals surface area (Å²) in [6.45, 7) is 0. The molecule has 2 nitrogen and oxygen atoms in total. The van der Waals surface area contributed by atoms with E-state index in [2.05, 4.69) is 192 Å². The third-order valence-electron chi connectivity index (χ3n) is 10.2. The lowest BCUT2D eigenvalue weighted by Crippen LogP contribution is -2.32. The Morgan fingerprint density at radius 3 is 1.67 bits per heavy atom. The first-order chi connectivity index (χ1) is 24.2. The second kappa shape index (κ2) is 11.0. The van der Waals surface area contributed by atoms with Crippen LogP contribution in [0.2, 0.25) is 0 Å². The number of pyridine rings is 1. The molecule has 1 aliphatic carbocycles. The average molecular weight is 738 g/mol. The zero-order valence-electron chi connectivity index (χ0n) is 26.4. The largest absolute Gasteiger partial charge is 0.457 e. The first kappa shape index (κ1) is 28.5. The Morgan fingerprint density at radius 1 is 0.408 bits per heavy atom. The van der Waals surface area contributed by atoms with Gasteiger partial charge in [0.15, 0.2) is 0 Å². The highest BCUT2D eigenvalue weighted by atomic mass is 127. The molecule has 7 aromatic carbocycles. The highest BCUT2D eigenvalue weighted by Crippen LogP contribution is 2.62. The smallest absolute Gasteiger partial charge is 0.132 e. The van der Waals surface area contributed by atoms with E-state index < -0.39 is 5.41 Å². The molecule has 1 aromatic heterocycles. The van der Waals surface area contributed by atoms with Crippen molar-refractivity contribution in [2.45, 2.75) is 5.41 Å².